The van der Waals surface area contributed by atoms with Crippen LogP contribution in [0.15, 0.2) is 35.9 Å². The zero-order valence-electron chi connectivity index (χ0n) is 12.8. The minimum absolute atomic E-state index is 0.153. The van der Waals surface area contributed by atoms with Gasteiger partial charge in [-0.1, -0.05) is 23.8 Å². The Hall–Kier alpha value is -2.65. The minimum Gasteiger partial charge on any atom is -0.381 e. The second-order valence-electron chi connectivity index (χ2n) is 5.17. The van der Waals surface area contributed by atoms with Gasteiger partial charge in [0.05, 0.1) is 19.3 Å². The predicted molar refractivity (Wildman–Crippen MR) is 85.3 cm³/mol. The van der Waals surface area contributed by atoms with Gasteiger partial charge >= 0.3 is 0 Å². The Morgan fingerprint density at radius 1 is 1.26 bits per heavy atom. The quantitative estimate of drug-likeness (QED) is 0.812. The average molecular weight is 313 g/mol. The van der Waals surface area contributed by atoms with Crippen molar-refractivity contribution in [3.05, 3.63) is 41.5 Å². The number of nitrogens with one attached hydrogen (secondary N) is 2. The van der Waals surface area contributed by atoms with E-state index in [0.717, 1.165) is 24.0 Å². The highest BCUT2D eigenvalue weighted by atomic mass is 16.5. The van der Waals surface area contributed by atoms with Crippen LogP contribution in [-0.2, 0) is 20.9 Å². The Bertz CT molecular complexity index is 639. The van der Waals surface area contributed by atoms with Gasteiger partial charge in [0.15, 0.2) is 0 Å². The largest absolute Gasteiger partial charge is 0.381 e. The number of rotatable bonds is 5. The number of ether oxygens (including phenoxy) is 1. The van der Waals surface area contributed by atoms with Crippen molar-refractivity contribution >= 4 is 17.5 Å². The molecule has 1 heterocycles. The number of hydrogen-bond donors (Lipinski definition) is 2. The molecule has 120 valence electrons. The molecule has 0 aromatic heterocycles. The summed E-state index contributed by atoms with van der Waals surface area (Å²) in [6, 6.07) is 8.99. The molecule has 0 spiro atoms. The summed E-state index contributed by atoms with van der Waals surface area (Å²) in [4.78, 5) is 23.5. The molecule has 2 N–H and O–H groups in total. The van der Waals surface area contributed by atoms with Crippen LogP contribution in [0.25, 0.3) is 0 Å². The van der Waals surface area contributed by atoms with Gasteiger partial charge in [-0.05, 0) is 24.5 Å². The van der Waals surface area contributed by atoms with Crippen LogP contribution in [0.4, 0.5) is 5.69 Å². The molecular weight excluding hydrogens is 294 g/mol. The van der Waals surface area contributed by atoms with E-state index in [1.807, 2.05) is 12.1 Å². The SMILES string of the molecule is N#CCC(=O)Nc1ccccc1CNC(=O)C=C1CCOCC1. The van der Waals surface area contributed by atoms with E-state index in [9.17, 15) is 9.59 Å². The van der Waals surface area contributed by atoms with Gasteiger partial charge in [0, 0.05) is 18.3 Å². The van der Waals surface area contributed by atoms with E-state index >= 15 is 0 Å². The molecule has 6 heteroatoms. The standard InChI is InChI=1S/C17H19N3O3/c18-8-5-16(21)20-15-4-2-1-3-14(15)12-19-17(22)11-13-6-9-23-10-7-13/h1-4,11H,5-7,9-10,12H2,(H,19,22)(H,20,21). The molecule has 0 radical (unpaired) electrons. The first-order valence-electron chi connectivity index (χ1n) is 7.49. The molecule has 1 aliphatic rings. The summed E-state index contributed by atoms with van der Waals surface area (Å²) < 4.78 is 5.25. The van der Waals surface area contributed by atoms with Crippen molar-refractivity contribution in [2.75, 3.05) is 18.5 Å². The molecule has 1 fully saturated rings. The van der Waals surface area contributed by atoms with E-state index in [1.165, 1.54) is 0 Å². The molecule has 23 heavy (non-hydrogen) atoms. The smallest absolute Gasteiger partial charge is 0.244 e. The highest BCUT2D eigenvalue weighted by molar-refractivity contribution is 5.93. The number of amides is 2. The van der Waals surface area contributed by atoms with Gasteiger partial charge in [0.1, 0.15) is 6.42 Å². The zero-order valence-corrected chi connectivity index (χ0v) is 12.8. The summed E-state index contributed by atoms with van der Waals surface area (Å²) in [5.41, 5.74) is 2.48. The normalized spacial score (nSPS) is 13.8. The first kappa shape index (κ1) is 16.7. The van der Waals surface area contributed by atoms with E-state index in [4.69, 9.17) is 10.00 Å². The van der Waals surface area contributed by atoms with Crippen LogP contribution in [0.5, 0.6) is 0 Å². The van der Waals surface area contributed by atoms with Gasteiger partial charge < -0.3 is 15.4 Å². The number of benzene rings is 1. The first-order valence-corrected chi connectivity index (χ1v) is 7.49. The average Bonchev–Trinajstić information content (AvgIpc) is 2.55. The fraction of sp³-hybridized carbons (Fsp3) is 0.353. The third kappa shape index (κ3) is 5.57. The molecule has 0 atom stereocenters. The summed E-state index contributed by atoms with van der Waals surface area (Å²) in [5, 5.41) is 14.0. The Kier molecular flexibility index (Phi) is 6.33. The molecule has 1 aromatic rings. The maximum atomic E-state index is 12.0. The fourth-order valence-electron chi connectivity index (χ4n) is 2.26. The van der Waals surface area contributed by atoms with Gasteiger partial charge in [-0.3, -0.25) is 9.59 Å². The predicted octanol–water partition coefficient (Wildman–Crippen LogP) is 1.89. The Morgan fingerprint density at radius 3 is 2.74 bits per heavy atom. The Morgan fingerprint density at radius 2 is 2.00 bits per heavy atom. The summed E-state index contributed by atoms with van der Waals surface area (Å²) >= 11 is 0. The zero-order chi connectivity index (χ0) is 16.5. The number of carbonyl (C=O) groups excluding carboxylic acids is 2. The minimum atomic E-state index is -0.365. The van der Waals surface area contributed by atoms with Crippen LogP contribution in [0.3, 0.4) is 0 Å². The topological polar surface area (TPSA) is 91.2 Å². The molecule has 2 amide bonds. The third-order valence-electron chi connectivity index (χ3n) is 3.45. The lowest BCUT2D eigenvalue weighted by atomic mass is 10.1. The van der Waals surface area contributed by atoms with Crippen molar-refractivity contribution in [3.8, 4) is 6.07 Å². The molecule has 0 saturated carbocycles. The molecule has 1 saturated heterocycles. The third-order valence-corrected chi connectivity index (χ3v) is 3.45. The lowest BCUT2D eigenvalue weighted by molar-refractivity contribution is -0.117. The van der Waals surface area contributed by atoms with Gasteiger partial charge in [-0.25, -0.2) is 0 Å². The van der Waals surface area contributed by atoms with Gasteiger partial charge in [0.2, 0.25) is 11.8 Å². The molecule has 6 nitrogen and oxygen atoms in total. The van der Waals surface area contributed by atoms with E-state index in [0.29, 0.717) is 25.4 Å². The van der Waals surface area contributed by atoms with Crippen molar-refractivity contribution in [2.45, 2.75) is 25.8 Å². The molecule has 0 aliphatic carbocycles. The molecule has 0 unspecified atom stereocenters. The van der Waals surface area contributed by atoms with Gasteiger partial charge in [-0.15, -0.1) is 0 Å². The molecule has 1 aromatic carbocycles. The number of anilines is 1. The van der Waals surface area contributed by atoms with Crippen molar-refractivity contribution in [2.24, 2.45) is 0 Å². The monoisotopic (exact) mass is 313 g/mol. The van der Waals surface area contributed by atoms with Crippen molar-refractivity contribution in [1.29, 1.82) is 5.26 Å². The van der Waals surface area contributed by atoms with E-state index in [2.05, 4.69) is 10.6 Å². The van der Waals surface area contributed by atoms with E-state index < -0.39 is 0 Å². The van der Waals surface area contributed by atoms with Crippen LogP contribution < -0.4 is 10.6 Å². The summed E-state index contributed by atoms with van der Waals surface area (Å²) in [5.74, 6) is -0.518. The highest BCUT2D eigenvalue weighted by Gasteiger charge is 2.09. The fourth-order valence-corrected chi connectivity index (χ4v) is 2.26. The van der Waals surface area contributed by atoms with Crippen LogP contribution >= 0.6 is 0 Å². The molecule has 0 bridgehead atoms. The summed E-state index contributed by atoms with van der Waals surface area (Å²) in [7, 11) is 0. The van der Waals surface area contributed by atoms with Crippen LogP contribution in [-0.4, -0.2) is 25.0 Å². The van der Waals surface area contributed by atoms with Crippen LogP contribution in [0.2, 0.25) is 0 Å². The van der Waals surface area contributed by atoms with Crippen molar-refractivity contribution < 1.29 is 14.3 Å². The second-order valence-corrected chi connectivity index (χ2v) is 5.17. The first-order chi connectivity index (χ1) is 11.2. The number of hydrogen-bond acceptors (Lipinski definition) is 4. The van der Waals surface area contributed by atoms with Gasteiger partial charge in [0.25, 0.3) is 0 Å². The Labute approximate surface area is 135 Å². The highest BCUT2D eigenvalue weighted by Crippen LogP contribution is 2.16. The lowest BCUT2D eigenvalue weighted by Gasteiger charge is -2.14. The molecular formula is C17H19N3O3. The van der Waals surface area contributed by atoms with Crippen molar-refractivity contribution in [3.63, 3.8) is 0 Å². The lowest BCUT2D eigenvalue weighted by Crippen LogP contribution is -2.23. The maximum absolute atomic E-state index is 12.0. The van der Waals surface area contributed by atoms with E-state index in [1.54, 1.807) is 24.3 Å². The molecule has 1 aliphatic heterocycles. The van der Waals surface area contributed by atoms with Crippen LogP contribution in [0, 0.1) is 11.3 Å². The number of para-hydroxylation sites is 1. The summed E-state index contributed by atoms with van der Waals surface area (Å²) in [6.07, 6.45) is 3.00. The number of nitrogens with zero attached hydrogens (tertiary/aromatic N) is 1. The summed E-state index contributed by atoms with van der Waals surface area (Å²) in [6.45, 7) is 1.63. The van der Waals surface area contributed by atoms with Crippen molar-refractivity contribution in [1.82, 2.24) is 5.32 Å². The second kappa shape index (κ2) is 8.71. The molecule has 2 rings (SSSR count). The van der Waals surface area contributed by atoms with E-state index in [-0.39, 0.29) is 18.2 Å². The number of carbonyl (C=O) groups is 2. The maximum Gasteiger partial charge on any atom is 0.244 e. The number of nitriles is 1. The van der Waals surface area contributed by atoms with Gasteiger partial charge in [-0.2, -0.15) is 5.26 Å². The Balaban J connectivity index is 1.93. The van der Waals surface area contributed by atoms with Crippen LogP contribution in [0.1, 0.15) is 24.8 Å².